The second-order valence-corrected chi connectivity index (χ2v) is 6.97. The predicted molar refractivity (Wildman–Crippen MR) is 93.5 cm³/mol. The molecule has 3 aromatic rings. The number of thiophene rings is 1. The van der Waals surface area contributed by atoms with Crippen LogP contribution < -0.4 is 16.8 Å². The summed E-state index contributed by atoms with van der Waals surface area (Å²) in [5.74, 6) is 4.81. The summed E-state index contributed by atoms with van der Waals surface area (Å²) in [7, 11) is 0. The lowest BCUT2D eigenvalue weighted by Gasteiger charge is -2.02. The predicted octanol–water partition coefficient (Wildman–Crippen LogP) is 2.04. The van der Waals surface area contributed by atoms with Crippen LogP contribution in [0.15, 0.2) is 40.3 Å². The first-order chi connectivity index (χ1) is 11.1. The van der Waals surface area contributed by atoms with Gasteiger partial charge in [-0.2, -0.15) is 0 Å². The molecular formula is C15H14N4O2S2. The summed E-state index contributed by atoms with van der Waals surface area (Å²) in [6.45, 7) is 1.98. The minimum Gasteiger partial charge on any atom is -0.301 e. The van der Waals surface area contributed by atoms with E-state index < -0.39 is 0 Å². The maximum Gasteiger partial charge on any atom is 0.260 e. The first-order valence-electron chi connectivity index (χ1n) is 6.81. The Morgan fingerprint density at radius 3 is 2.83 bits per heavy atom. The first-order valence-corrected chi connectivity index (χ1v) is 8.61. The Morgan fingerprint density at radius 2 is 2.13 bits per heavy atom. The molecule has 8 heteroatoms. The van der Waals surface area contributed by atoms with Crippen LogP contribution >= 0.6 is 23.1 Å². The maximum absolute atomic E-state index is 12.5. The van der Waals surface area contributed by atoms with E-state index in [9.17, 15) is 9.59 Å². The van der Waals surface area contributed by atoms with Gasteiger partial charge in [-0.1, -0.05) is 42.1 Å². The van der Waals surface area contributed by atoms with Crippen molar-refractivity contribution in [3.05, 3.63) is 45.6 Å². The highest BCUT2D eigenvalue weighted by Crippen LogP contribution is 2.35. The molecule has 0 saturated carbocycles. The van der Waals surface area contributed by atoms with E-state index in [-0.39, 0.29) is 17.2 Å². The molecule has 0 aliphatic carbocycles. The number of aryl methyl sites for hydroxylation is 1. The van der Waals surface area contributed by atoms with Crippen molar-refractivity contribution in [2.24, 2.45) is 5.84 Å². The van der Waals surface area contributed by atoms with Gasteiger partial charge in [0, 0.05) is 10.4 Å². The van der Waals surface area contributed by atoms with Crippen molar-refractivity contribution in [3.63, 3.8) is 0 Å². The van der Waals surface area contributed by atoms with Gasteiger partial charge in [-0.3, -0.25) is 15.0 Å². The number of nitrogens with one attached hydrogen (secondary N) is 2. The third-order valence-corrected chi connectivity index (χ3v) is 5.15. The zero-order valence-electron chi connectivity index (χ0n) is 12.3. The van der Waals surface area contributed by atoms with E-state index in [4.69, 9.17) is 5.84 Å². The molecule has 4 N–H and O–H groups in total. The number of aromatic amines is 1. The fraction of sp³-hybridized carbons (Fsp3) is 0.133. The lowest BCUT2D eigenvalue weighted by atomic mass is 10.0. The van der Waals surface area contributed by atoms with E-state index in [0.29, 0.717) is 15.4 Å². The summed E-state index contributed by atoms with van der Waals surface area (Å²) in [6.07, 6.45) is 0. The molecule has 6 nitrogen and oxygen atoms in total. The smallest absolute Gasteiger partial charge is 0.260 e. The molecule has 1 aromatic carbocycles. The summed E-state index contributed by atoms with van der Waals surface area (Å²) < 4.78 is 0. The zero-order chi connectivity index (χ0) is 16.4. The van der Waals surface area contributed by atoms with Gasteiger partial charge >= 0.3 is 0 Å². The van der Waals surface area contributed by atoms with Crippen LogP contribution in [0, 0.1) is 6.92 Å². The highest BCUT2D eigenvalue weighted by Gasteiger charge is 2.16. The molecule has 0 radical (unpaired) electrons. The average molecular weight is 346 g/mol. The molecule has 3 rings (SSSR count). The first kappa shape index (κ1) is 15.7. The monoisotopic (exact) mass is 346 g/mol. The van der Waals surface area contributed by atoms with Gasteiger partial charge in [0.25, 0.3) is 5.56 Å². The number of nitrogens with zero attached hydrogens (tertiary/aromatic N) is 1. The van der Waals surface area contributed by atoms with Crippen LogP contribution in [0.1, 0.15) is 4.88 Å². The SMILES string of the molecule is Cc1sc2nc(SCC(=O)NN)[nH]c(=O)c2c1-c1ccccc1. The van der Waals surface area contributed by atoms with Gasteiger partial charge < -0.3 is 4.98 Å². The normalized spacial score (nSPS) is 10.9. The topological polar surface area (TPSA) is 101 Å². The number of hydrogen-bond donors (Lipinski definition) is 3. The number of H-pyrrole nitrogens is 1. The molecule has 0 unspecified atom stereocenters. The van der Waals surface area contributed by atoms with Gasteiger partial charge in [0.1, 0.15) is 4.83 Å². The molecular weight excluding hydrogens is 332 g/mol. The minimum absolute atomic E-state index is 0.0981. The molecule has 1 amide bonds. The number of carbonyl (C=O) groups is 1. The number of aromatic nitrogens is 2. The molecule has 2 heterocycles. The molecule has 0 saturated heterocycles. The quantitative estimate of drug-likeness (QED) is 0.221. The standard InChI is InChI=1S/C15H14N4O2S2/c1-8-11(9-5-3-2-4-6-9)12-13(21)17-15(18-14(12)23-8)22-7-10(20)19-16/h2-6H,7,16H2,1H3,(H,19,20)(H,17,18,21). The van der Waals surface area contributed by atoms with Crippen molar-refractivity contribution in [1.82, 2.24) is 15.4 Å². The molecule has 118 valence electrons. The molecule has 23 heavy (non-hydrogen) atoms. The Morgan fingerprint density at radius 1 is 1.39 bits per heavy atom. The van der Waals surface area contributed by atoms with Gasteiger partial charge in [-0.25, -0.2) is 10.8 Å². The van der Waals surface area contributed by atoms with Crippen molar-refractivity contribution in [3.8, 4) is 11.1 Å². The van der Waals surface area contributed by atoms with Crippen LogP contribution in [0.3, 0.4) is 0 Å². The van der Waals surface area contributed by atoms with Gasteiger partial charge in [-0.15, -0.1) is 11.3 Å². The van der Waals surface area contributed by atoms with Crippen LogP contribution in [0.4, 0.5) is 0 Å². The Bertz CT molecular complexity index is 918. The second-order valence-electron chi connectivity index (χ2n) is 4.81. The van der Waals surface area contributed by atoms with Crippen molar-refractivity contribution >= 4 is 39.2 Å². The van der Waals surface area contributed by atoms with Crippen molar-refractivity contribution in [1.29, 1.82) is 0 Å². The number of amides is 1. The molecule has 0 atom stereocenters. The summed E-state index contributed by atoms with van der Waals surface area (Å²) >= 11 is 2.61. The summed E-state index contributed by atoms with van der Waals surface area (Å²) in [6, 6.07) is 9.77. The number of nitrogens with two attached hydrogens (primary N) is 1. The van der Waals surface area contributed by atoms with Crippen molar-refractivity contribution in [2.75, 3.05) is 5.75 Å². The molecule has 0 spiro atoms. The number of thioether (sulfide) groups is 1. The summed E-state index contributed by atoms with van der Waals surface area (Å²) in [5, 5.41) is 0.998. The molecule has 0 aliphatic rings. The number of benzene rings is 1. The van der Waals surface area contributed by atoms with Crippen LogP contribution in [-0.4, -0.2) is 21.6 Å². The van der Waals surface area contributed by atoms with Gasteiger partial charge in [-0.05, 0) is 12.5 Å². The Balaban J connectivity index is 2.07. The van der Waals surface area contributed by atoms with Crippen LogP contribution in [0.2, 0.25) is 0 Å². The number of hydrazine groups is 1. The lowest BCUT2D eigenvalue weighted by Crippen LogP contribution is -2.31. The number of hydrogen-bond acceptors (Lipinski definition) is 6. The Labute approximate surface area is 140 Å². The van der Waals surface area contributed by atoms with E-state index in [1.54, 1.807) is 0 Å². The third kappa shape index (κ3) is 3.14. The van der Waals surface area contributed by atoms with E-state index in [0.717, 1.165) is 27.8 Å². The van der Waals surface area contributed by atoms with Crippen molar-refractivity contribution < 1.29 is 4.79 Å². The van der Waals surface area contributed by atoms with Crippen molar-refractivity contribution in [2.45, 2.75) is 12.1 Å². The van der Waals surface area contributed by atoms with E-state index in [1.807, 2.05) is 42.7 Å². The zero-order valence-corrected chi connectivity index (χ0v) is 13.9. The average Bonchev–Trinajstić information content (AvgIpc) is 2.89. The van der Waals surface area contributed by atoms with Gasteiger partial charge in [0.15, 0.2) is 5.16 Å². The third-order valence-electron chi connectivity index (χ3n) is 3.28. The number of fused-ring (bicyclic) bond motifs is 1. The van der Waals surface area contributed by atoms with Crippen LogP contribution in [0.25, 0.3) is 21.3 Å². The Hall–Kier alpha value is -2.16. The molecule has 0 bridgehead atoms. The van der Waals surface area contributed by atoms with Gasteiger partial charge in [0.2, 0.25) is 5.91 Å². The largest absolute Gasteiger partial charge is 0.301 e. The van der Waals surface area contributed by atoms with E-state index >= 15 is 0 Å². The van der Waals surface area contributed by atoms with E-state index in [2.05, 4.69) is 9.97 Å². The molecule has 2 aromatic heterocycles. The lowest BCUT2D eigenvalue weighted by molar-refractivity contribution is -0.118. The van der Waals surface area contributed by atoms with Crippen LogP contribution in [-0.2, 0) is 4.79 Å². The fourth-order valence-corrected chi connectivity index (χ4v) is 4.07. The fourth-order valence-electron chi connectivity index (χ4n) is 2.30. The molecule has 0 fully saturated rings. The maximum atomic E-state index is 12.5. The number of carbonyl (C=O) groups excluding carboxylic acids is 1. The van der Waals surface area contributed by atoms with Crippen LogP contribution in [0.5, 0.6) is 0 Å². The minimum atomic E-state index is -0.329. The second kappa shape index (κ2) is 6.53. The Kier molecular flexibility index (Phi) is 4.46. The highest BCUT2D eigenvalue weighted by molar-refractivity contribution is 7.99. The number of rotatable bonds is 4. The van der Waals surface area contributed by atoms with E-state index in [1.165, 1.54) is 11.3 Å². The summed E-state index contributed by atoms with van der Waals surface area (Å²) in [4.78, 5) is 32.6. The highest BCUT2D eigenvalue weighted by atomic mass is 32.2. The summed E-state index contributed by atoms with van der Waals surface area (Å²) in [5.41, 5.74) is 3.75. The van der Waals surface area contributed by atoms with Gasteiger partial charge in [0.05, 0.1) is 11.1 Å². The molecule has 0 aliphatic heterocycles.